The van der Waals surface area contributed by atoms with Crippen molar-refractivity contribution in [2.24, 2.45) is 0 Å². The molecule has 0 saturated carbocycles. The zero-order valence-electron chi connectivity index (χ0n) is 13.0. The van der Waals surface area contributed by atoms with E-state index < -0.39 is 33.2 Å². The Labute approximate surface area is 152 Å². The van der Waals surface area contributed by atoms with Gasteiger partial charge in [-0.05, 0) is 24.3 Å². The van der Waals surface area contributed by atoms with Crippen LogP contribution in [-0.2, 0) is 16.6 Å². The zero-order chi connectivity index (χ0) is 18.9. The lowest BCUT2D eigenvalue weighted by molar-refractivity contribution is -0.0549. The third kappa shape index (κ3) is 3.87. The second-order valence-electron chi connectivity index (χ2n) is 5.27. The van der Waals surface area contributed by atoms with Crippen molar-refractivity contribution in [3.63, 3.8) is 0 Å². The molecule has 26 heavy (non-hydrogen) atoms. The maximum Gasteiger partial charge on any atom is 0.388 e. The van der Waals surface area contributed by atoms with Crippen LogP contribution in [0, 0.1) is 5.82 Å². The molecule has 0 saturated heterocycles. The van der Waals surface area contributed by atoms with Crippen LogP contribution in [0.1, 0.15) is 5.56 Å². The monoisotopic (exact) mass is 408 g/mol. The van der Waals surface area contributed by atoms with Crippen molar-refractivity contribution in [1.82, 2.24) is 9.29 Å². The van der Waals surface area contributed by atoms with Gasteiger partial charge in [0.25, 0.3) is 0 Å². The van der Waals surface area contributed by atoms with Crippen LogP contribution in [-0.4, -0.2) is 37.5 Å². The maximum absolute atomic E-state index is 13.5. The molecule has 0 N–H and O–H groups in total. The molecule has 0 spiro atoms. The van der Waals surface area contributed by atoms with E-state index in [9.17, 15) is 21.6 Å². The van der Waals surface area contributed by atoms with E-state index in [4.69, 9.17) is 16.3 Å². The number of aromatic nitrogens is 1. The van der Waals surface area contributed by atoms with Crippen LogP contribution in [0.25, 0.3) is 0 Å². The quantitative estimate of drug-likeness (QED) is 0.777. The molecule has 140 valence electrons. The highest BCUT2D eigenvalue weighted by Crippen LogP contribution is 2.32. The Balaban J connectivity index is 2.01. The molecule has 11 heteroatoms. The van der Waals surface area contributed by atoms with Gasteiger partial charge in [-0.15, -0.1) is 0 Å². The van der Waals surface area contributed by atoms with Gasteiger partial charge in [-0.1, -0.05) is 11.6 Å². The van der Waals surface area contributed by atoms with Crippen LogP contribution in [0.4, 0.5) is 13.2 Å². The second-order valence-corrected chi connectivity index (χ2v) is 7.62. The third-order valence-corrected chi connectivity index (χ3v) is 5.62. The van der Waals surface area contributed by atoms with Crippen molar-refractivity contribution in [3.05, 3.63) is 46.9 Å². The molecule has 1 aliphatic rings. The van der Waals surface area contributed by atoms with Crippen molar-refractivity contribution in [1.29, 1.82) is 0 Å². The average molecular weight is 409 g/mol. The predicted molar refractivity (Wildman–Crippen MR) is 85.4 cm³/mol. The van der Waals surface area contributed by atoms with E-state index in [1.807, 2.05) is 0 Å². The van der Waals surface area contributed by atoms with Crippen LogP contribution >= 0.6 is 11.6 Å². The molecule has 3 rings (SSSR count). The number of rotatable bonds is 4. The number of ether oxygens (including phenoxy) is 2. The average Bonchev–Trinajstić information content (AvgIpc) is 2.78. The lowest BCUT2D eigenvalue weighted by Gasteiger charge is -2.20. The van der Waals surface area contributed by atoms with Crippen molar-refractivity contribution < 1.29 is 31.1 Å². The Morgan fingerprint density at radius 2 is 2.08 bits per heavy atom. The highest BCUT2D eigenvalue weighted by molar-refractivity contribution is 7.89. The number of hydrogen-bond donors (Lipinski definition) is 0. The molecule has 2 heterocycles. The molecule has 0 fully saturated rings. The summed E-state index contributed by atoms with van der Waals surface area (Å²) >= 11 is 5.77. The summed E-state index contributed by atoms with van der Waals surface area (Å²) in [7, 11) is -4.31. The van der Waals surface area contributed by atoms with E-state index in [0.29, 0.717) is 11.3 Å². The van der Waals surface area contributed by atoms with E-state index in [-0.39, 0.29) is 24.7 Å². The zero-order valence-corrected chi connectivity index (χ0v) is 14.6. The van der Waals surface area contributed by atoms with Crippen molar-refractivity contribution >= 4 is 21.6 Å². The number of sulfonamides is 1. The van der Waals surface area contributed by atoms with Crippen LogP contribution in [0.2, 0.25) is 5.02 Å². The molecule has 0 atom stereocenters. The summed E-state index contributed by atoms with van der Waals surface area (Å²) in [5.41, 5.74) is 0.303. The SMILES string of the molecule is O=S(=O)(c1cc(Cl)cnc1OC(F)F)N1CCOc2ccc(F)cc2C1. The normalized spacial score (nSPS) is 15.3. The van der Waals surface area contributed by atoms with E-state index in [0.717, 1.165) is 22.6 Å². The minimum absolute atomic E-state index is 0.00308. The van der Waals surface area contributed by atoms with Gasteiger partial charge in [0.1, 0.15) is 23.1 Å². The molecule has 2 aromatic rings. The van der Waals surface area contributed by atoms with E-state index in [1.54, 1.807) is 0 Å². The van der Waals surface area contributed by atoms with Gasteiger partial charge in [0.15, 0.2) is 0 Å². The molecule has 0 bridgehead atoms. The van der Waals surface area contributed by atoms with Crippen molar-refractivity contribution in [2.75, 3.05) is 13.2 Å². The van der Waals surface area contributed by atoms with Gasteiger partial charge >= 0.3 is 6.61 Å². The summed E-state index contributed by atoms with van der Waals surface area (Å²) in [6.07, 6.45) is 0.995. The van der Waals surface area contributed by atoms with E-state index in [1.165, 1.54) is 12.1 Å². The van der Waals surface area contributed by atoms with Crippen LogP contribution in [0.5, 0.6) is 11.6 Å². The van der Waals surface area contributed by atoms with Gasteiger partial charge in [0, 0.05) is 24.8 Å². The first-order valence-corrected chi connectivity index (χ1v) is 9.11. The van der Waals surface area contributed by atoms with Gasteiger partial charge in [-0.3, -0.25) is 0 Å². The fourth-order valence-electron chi connectivity index (χ4n) is 2.45. The lowest BCUT2D eigenvalue weighted by Crippen LogP contribution is -2.33. The summed E-state index contributed by atoms with van der Waals surface area (Å²) in [6.45, 7) is -3.56. The molecule has 1 aliphatic heterocycles. The molecule has 0 radical (unpaired) electrons. The molecule has 0 amide bonds. The first kappa shape index (κ1) is 18.7. The van der Waals surface area contributed by atoms with Crippen molar-refractivity contribution in [3.8, 4) is 11.6 Å². The first-order chi connectivity index (χ1) is 12.3. The van der Waals surface area contributed by atoms with Gasteiger partial charge in [0.2, 0.25) is 15.9 Å². The van der Waals surface area contributed by atoms with Gasteiger partial charge in [0.05, 0.1) is 5.02 Å². The fourth-order valence-corrected chi connectivity index (χ4v) is 4.17. The highest BCUT2D eigenvalue weighted by Gasteiger charge is 2.32. The summed E-state index contributed by atoms with van der Waals surface area (Å²) < 4.78 is 75.1. The standard InChI is InChI=1S/C15H12ClF3N2O4S/c16-10-6-13(14(20-7-10)25-15(18)19)26(22,23)21-3-4-24-12-2-1-11(17)5-9(12)8-21/h1-2,5-7,15H,3-4,8H2. The summed E-state index contributed by atoms with van der Waals surface area (Å²) in [5.74, 6) is -0.982. The number of hydrogen-bond acceptors (Lipinski definition) is 5. The minimum atomic E-state index is -4.31. The number of pyridine rings is 1. The molecule has 1 aromatic carbocycles. The molecule has 6 nitrogen and oxygen atoms in total. The number of fused-ring (bicyclic) bond motifs is 1. The molecular formula is C15H12ClF3N2O4S. The van der Waals surface area contributed by atoms with Crippen LogP contribution in [0.3, 0.4) is 0 Å². The Morgan fingerprint density at radius 3 is 2.81 bits per heavy atom. The van der Waals surface area contributed by atoms with Gasteiger partial charge in [-0.2, -0.15) is 13.1 Å². The Bertz CT molecular complexity index is 927. The summed E-state index contributed by atoms with van der Waals surface area (Å²) in [6, 6.07) is 4.71. The Kier molecular flexibility index (Phi) is 5.26. The van der Waals surface area contributed by atoms with Crippen molar-refractivity contribution in [2.45, 2.75) is 18.1 Å². The number of alkyl halides is 2. The molecule has 0 aliphatic carbocycles. The number of benzene rings is 1. The van der Waals surface area contributed by atoms with Crippen LogP contribution < -0.4 is 9.47 Å². The summed E-state index contributed by atoms with van der Waals surface area (Å²) in [5, 5.41) is -0.0669. The smallest absolute Gasteiger partial charge is 0.388 e. The Hall–Kier alpha value is -2.04. The van der Waals surface area contributed by atoms with Gasteiger partial charge < -0.3 is 9.47 Å². The summed E-state index contributed by atoms with van der Waals surface area (Å²) in [4.78, 5) is 2.92. The third-order valence-electron chi connectivity index (χ3n) is 3.57. The predicted octanol–water partition coefficient (Wildman–Crippen LogP) is 3.06. The largest absolute Gasteiger partial charge is 0.492 e. The Morgan fingerprint density at radius 1 is 1.31 bits per heavy atom. The molecule has 0 unspecified atom stereocenters. The topological polar surface area (TPSA) is 68.7 Å². The minimum Gasteiger partial charge on any atom is -0.492 e. The molecule has 1 aromatic heterocycles. The number of nitrogens with zero attached hydrogens (tertiary/aromatic N) is 2. The maximum atomic E-state index is 13.5. The highest BCUT2D eigenvalue weighted by atomic mass is 35.5. The second kappa shape index (κ2) is 7.29. The van der Waals surface area contributed by atoms with Crippen LogP contribution in [0.15, 0.2) is 35.4 Å². The number of halogens is 4. The first-order valence-electron chi connectivity index (χ1n) is 7.29. The van der Waals surface area contributed by atoms with E-state index in [2.05, 4.69) is 9.72 Å². The fraction of sp³-hybridized carbons (Fsp3) is 0.267. The van der Waals surface area contributed by atoms with E-state index >= 15 is 0 Å². The van der Waals surface area contributed by atoms with Gasteiger partial charge in [-0.25, -0.2) is 17.8 Å². The lowest BCUT2D eigenvalue weighted by atomic mass is 10.2. The molecular weight excluding hydrogens is 397 g/mol.